The molecular formula is C23H31N5O2. The van der Waals surface area contributed by atoms with Crippen molar-refractivity contribution in [3.05, 3.63) is 35.5 Å². The fourth-order valence-corrected chi connectivity index (χ4v) is 5.30. The number of hydrogen-bond acceptors (Lipinski definition) is 5. The van der Waals surface area contributed by atoms with Gasteiger partial charge in [-0.15, -0.1) is 0 Å². The Morgan fingerprint density at radius 3 is 2.83 bits per heavy atom. The molecule has 1 atom stereocenters. The summed E-state index contributed by atoms with van der Waals surface area (Å²) in [5.41, 5.74) is 3.86. The van der Waals surface area contributed by atoms with Gasteiger partial charge in [0.1, 0.15) is 23.6 Å². The molecule has 1 aromatic heterocycles. The number of amides is 1. The smallest absolute Gasteiger partial charge is 0.244 e. The molecule has 3 aliphatic rings. The first-order valence-electron chi connectivity index (χ1n) is 11.0. The number of nitrogens with zero attached hydrogens (tertiary/aromatic N) is 4. The molecule has 2 saturated heterocycles. The molecule has 160 valence electrons. The van der Waals surface area contributed by atoms with Gasteiger partial charge in [-0.1, -0.05) is 12.1 Å². The minimum atomic E-state index is -0.361. The van der Waals surface area contributed by atoms with Crippen molar-refractivity contribution in [3.8, 4) is 17.0 Å². The Balaban J connectivity index is 1.50. The molecule has 1 aromatic carbocycles. The number of piperidine rings is 1. The summed E-state index contributed by atoms with van der Waals surface area (Å²) in [5, 5.41) is 8.41. The van der Waals surface area contributed by atoms with Crippen LogP contribution < -0.4 is 10.1 Å². The maximum Gasteiger partial charge on any atom is 0.244 e. The summed E-state index contributed by atoms with van der Waals surface area (Å²) in [6.07, 6.45) is 2.84. The number of likely N-dealkylation sites (tertiary alicyclic amines) is 1. The van der Waals surface area contributed by atoms with Gasteiger partial charge in [0.05, 0.1) is 0 Å². The van der Waals surface area contributed by atoms with Crippen LogP contribution in [0.4, 0.5) is 0 Å². The molecule has 1 amide bonds. The largest absolute Gasteiger partial charge is 0.482 e. The Bertz CT molecular complexity index is 962. The Morgan fingerprint density at radius 2 is 2.10 bits per heavy atom. The number of rotatable bonds is 3. The molecule has 2 fully saturated rings. The van der Waals surface area contributed by atoms with Gasteiger partial charge in [-0.05, 0) is 52.2 Å². The normalized spacial score (nSPS) is 22.4. The van der Waals surface area contributed by atoms with Crippen molar-refractivity contribution < 1.29 is 9.53 Å². The number of nitrogens with one attached hydrogen (secondary N) is 1. The van der Waals surface area contributed by atoms with Gasteiger partial charge in [0.2, 0.25) is 5.91 Å². The highest BCUT2D eigenvalue weighted by Gasteiger charge is 2.45. The van der Waals surface area contributed by atoms with Crippen molar-refractivity contribution in [3.63, 3.8) is 0 Å². The summed E-state index contributed by atoms with van der Waals surface area (Å²) in [6, 6.07) is 8.43. The van der Waals surface area contributed by atoms with Crippen molar-refractivity contribution in [2.24, 2.45) is 0 Å². The highest BCUT2D eigenvalue weighted by atomic mass is 16.5. The van der Waals surface area contributed by atoms with Crippen LogP contribution in [0.15, 0.2) is 24.3 Å². The van der Waals surface area contributed by atoms with Gasteiger partial charge in [0.15, 0.2) is 0 Å². The summed E-state index contributed by atoms with van der Waals surface area (Å²) >= 11 is 0. The first kappa shape index (κ1) is 19.6. The molecule has 3 aliphatic heterocycles. The number of carbonyl (C=O) groups excluding carboxylic acids is 1. The van der Waals surface area contributed by atoms with E-state index in [9.17, 15) is 4.79 Å². The van der Waals surface area contributed by atoms with Gasteiger partial charge < -0.3 is 19.9 Å². The van der Waals surface area contributed by atoms with Crippen LogP contribution in [0.3, 0.4) is 0 Å². The highest BCUT2D eigenvalue weighted by molar-refractivity contribution is 5.78. The second kappa shape index (κ2) is 7.39. The molecular weight excluding hydrogens is 378 g/mol. The Kier molecular flexibility index (Phi) is 4.82. The molecule has 2 aromatic rings. The quantitative estimate of drug-likeness (QED) is 0.840. The number of hydrogen-bond donors (Lipinski definition) is 1. The zero-order valence-corrected chi connectivity index (χ0v) is 18.1. The Hall–Kier alpha value is -2.38. The second-order valence-electron chi connectivity index (χ2n) is 9.02. The molecule has 0 radical (unpaired) electrons. The Morgan fingerprint density at radius 1 is 1.33 bits per heavy atom. The fourth-order valence-electron chi connectivity index (χ4n) is 5.30. The summed E-state index contributed by atoms with van der Waals surface area (Å²) in [5.74, 6) is 1.01. The molecule has 5 rings (SSSR count). The number of carbonyl (C=O) groups is 1. The van der Waals surface area contributed by atoms with Crippen molar-refractivity contribution in [1.29, 1.82) is 0 Å². The van der Waals surface area contributed by atoms with Crippen molar-refractivity contribution in [2.45, 2.75) is 44.4 Å². The number of benzene rings is 1. The van der Waals surface area contributed by atoms with Crippen LogP contribution in [0.5, 0.6) is 5.75 Å². The zero-order chi connectivity index (χ0) is 20.9. The van der Waals surface area contributed by atoms with E-state index in [0.29, 0.717) is 0 Å². The van der Waals surface area contributed by atoms with Gasteiger partial charge in [0, 0.05) is 49.3 Å². The predicted molar refractivity (Wildman–Crippen MR) is 115 cm³/mol. The third kappa shape index (κ3) is 3.11. The maximum absolute atomic E-state index is 13.1. The van der Waals surface area contributed by atoms with Crippen molar-refractivity contribution in [2.75, 3.05) is 40.3 Å². The summed E-state index contributed by atoms with van der Waals surface area (Å²) < 4.78 is 8.53. The molecule has 7 nitrogen and oxygen atoms in total. The number of para-hydroxylation sites is 1. The molecule has 30 heavy (non-hydrogen) atoms. The van der Waals surface area contributed by atoms with E-state index in [1.54, 1.807) is 0 Å². The number of fused-ring (bicyclic) bond motifs is 4. The predicted octanol–water partition coefficient (Wildman–Crippen LogP) is 1.99. The average molecular weight is 410 g/mol. The van der Waals surface area contributed by atoms with Crippen LogP contribution in [0.1, 0.15) is 30.5 Å². The first-order valence-corrected chi connectivity index (χ1v) is 11.0. The van der Waals surface area contributed by atoms with Gasteiger partial charge in [-0.2, -0.15) is 5.10 Å². The second-order valence-corrected chi connectivity index (χ2v) is 9.02. The van der Waals surface area contributed by atoms with E-state index in [1.165, 1.54) is 5.56 Å². The highest BCUT2D eigenvalue weighted by Crippen LogP contribution is 2.49. The fraction of sp³-hybridized carbons (Fsp3) is 0.565. The lowest BCUT2D eigenvalue weighted by Gasteiger charge is -2.41. The molecule has 0 unspecified atom stereocenters. The van der Waals surface area contributed by atoms with Crippen LogP contribution in [0.2, 0.25) is 0 Å². The molecule has 1 spiro atoms. The topological polar surface area (TPSA) is 62.6 Å². The third-order valence-electron chi connectivity index (χ3n) is 7.11. The number of likely N-dealkylation sites (N-methyl/N-ethyl adjacent to an activating group) is 2. The van der Waals surface area contributed by atoms with E-state index in [4.69, 9.17) is 9.84 Å². The van der Waals surface area contributed by atoms with Crippen LogP contribution >= 0.6 is 0 Å². The van der Waals surface area contributed by atoms with Crippen LogP contribution in [-0.2, 0) is 16.9 Å². The first-order chi connectivity index (χ1) is 14.5. The van der Waals surface area contributed by atoms with E-state index in [1.807, 2.05) is 34.8 Å². The zero-order valence-electron chi connectivity index (χ0n) is 18.1. The molecule has 4 heterocycles. The number of ether oxygens (including phenoxy) is 1. The standard InChI is InChI=1S/C23H31N5O2/c1-16-21-22(25-28(16)15-20(29)27(3)17-8-13-26(2)14-17)18-6-4-5-7-19(18)30-23(21)9-11-24-12-10-23/h4-7,17,24H,8-15H2,1-3H3/t17-/m1/s1. The molecule has 1 N–H and O–H groups in total. The minimum absolute atomic E-state index is 0.117. The maximum atomic E-state index is 13.1. The summed E-state index contributed by atoms with van der Waals surface area (Å²) in [7, 11) is 4.04. The lowest BCUT2D eigenvalue weighted by atomic mass is 9.80. The molecule has 0 saturated carbocycles. The van der Waals surface area contributed by atoms with Gasteiger partial charge in [-0.25, -0.2) is 0 Å². The van der Waals surface area contributed by atoms with Gasteiger partial charge in [0.25, 0.3) is 0 Å². The summed E-state index contributed by atoms with van der Waals surface area (Å²) in [6.45, 7) is 6.18. The van der Waals surface area contributed by atoms with Gasteiger partial charge >= 0.3 is 0 Å². The number of aromatic nitrogens is 2. The summed E-state index contributed by atoms with van der Waals surface area (Å²) in [4.78, 5) is 17.3. The Labute approximate surface area is 178 Å². The van der Waals surface area contributed by atoms with E-state index in [2.05, 4.69) is 30.3 Å². The van der Waals surface area contributed by atoms with E-state index in [-0.39, 0.29) is 24.1 Å². The van der Waals surface area contributed by atoms with Crippen LogP contribution in [0, 0.1) is 6.92 Å². The minimum Gasteiger partial charge on any atom is -0.482 e. The van der Waals surface area contributed by atoms with Crippen LogP contribution in [0.25, 0.3) is 11.3 Å². The van der Waals surface area contributed by atoms with E-state index in [0.717, 1.165) is 68.1 Å². The lowest BCUT2D eigenvalue weighted by Crippen LogP contribution is -2.45. The van der Waals surface area contributed by atoms with E-state index >= 15 is 0 Å². The SMILES string of the molecule is Cc1c2c(nn1CC(=O)N(C)[C@@H]1CCN(C)C1)-c1ccccc1OC21CCNCC1. The van der Waals surface area contributed by atoms with E-state index < -0.39 is 0 Å². The lowest BCUT2D eigenvalue weighted by molar-refractivity contribution is -0.132. The van der Waals surface area contributed by atoms with Crippen molar-refractivity contribution >= 4 is 5.91 Å². The van der Waals surface area contributed by atoms with Crippen molar-refractivity contribution in [1.82, 2.24) is 24.9 Å². The average Bonchev–Trinajstić information content (AvgIpc) is 3.32. The third-order valence-corrected chi connectivity index (χ3v) is 7.11. The molecule has 0 aliphatic carbocycles. The molecule has 7 heteroatoms. The van der Waals surface area contributed by atoms with Gasteiger partial charge in [-0.3, -0.25) is 9.48 Å². The van der Waals surface area contributed by atoms with Crippen LogP contribution in [-0.4, -0.2) is 71.8 Å². The molecule has 0 bridgehead atoms. The monoisotopic (exact) mass is 409 g/mol.